The molecule has 3 rings (SSSR count). The van der Waals surface area contributed by atoms with Gasteiger partial charge < -0.3 is 39.2 Å². The average molecular weight is 647 g/mol. The fourth-order valence-electron chi connectivity index (χ4n) is 5.83. The summed E-state index contributed by atoms with van der Waals surface area (Å²) in [6, 6.07) is 3.78. The monoisotopic (exact) mass is 646 g/mol. The lowest BCUT2D eigenvalue weighted by Crippen LogP contribution is -2.39. The Kier molecular flexibility index (Phi) is 17.9. The maximum absolute atomic E-state index is 13.3. The number of ether oxygens (including phenoxy) is 5. The Morgan fingerprint density at radius 1 is 0.913 bits per heavy atom. The minimum Gasteiger partial charge on any atom is -0.377 e. The second kappa shape index (κ2) is 22.2. The Morgan fingerprint density at radius 2 is 1.50 bits per heavy atom. The number of aromatic nitrogens is 2. The van der Waals surface area contributed by atoms with E-state index in [1.807, 2.05) is 6.07 Å². The lowest BCUT2D eigenvalue weighted by molar-refractivity contribution is -0.127. The molecule has 3 amide bonds. The van der Waals surface area contributed by atoms with Crippen molar-refractivity contribution >= 4 is 24.3 Å². The van der Waals surface area contributed by atoms with E-state index >= 15 is 0 Å². The first-order chi connectivity index (χ1) is 22.5. The van der Waals surface area contributed by atoms with Crippen LogP contribution in [0.25, 0.3) is 6.08 Å². The Balaban J connectivity index is 1.28. The largest absolute Gasteiger partial charge is 0.377 e. The third-order valence-electron chi connectivity index (χ3n) is 8.13. The van der Waals surface area contributed by atoms with Gasteiger partial charge in [-0.3, -0.25) is 19.1 Å². The summed E-state index contributed by atoms with van der Waals surface area (Å²) in [6.07, 6.45) is 9.52. The molecule has 14 heteroatoms. The number of amides is 3. The van der Waals surface area contributed by atoms with Crippen molar-refractivity contribution in [2.45, 2.75) is 32.1 Å². The number of nitrogens with zero attached hydrogens (tertiary/aromatic N) is 4. The van der Waals surface area contributed by atoms with Gasteiger partial charge in [-0.25, -0.2) is 0 Å². The van der Waals surface area contributed by atoms with Crippen LogP contribution in [0.3, 0.4) is 0 Å². The van der Waals surface area contributed by atoms with Crippen molar-refractivity contribution in [1.82, 2.24) is 25.3 Å². The first-order valence-corrected chi connectivity index (χ1v) is 16.3. The van der Waals surface area contributed by atoms with Gasteiger partial charge in [0.2, 0.25) is 12.3 Å². The van der Waals surface area contributed by atoms with E-state index in [0.717, 1.165) is 25.7 Å². The Labute approximate surface area is 271 Å². The van der Waals surface area contributed by atoms with E-state index in [9.17, 15) is 19.6 Å². The summed E-state index contributed by atoms with van der Waals surface area (Å²) < 4.78 is 28.9. The maximum Gasteiger partial charge on any atom is 0.264 e. The van der Waals surface area contributed by atoms with Crippen LogP contribution in [-0.4, -0.2) is 125 Å². The Hall–Kier alpha value is -3.35. The van der Waals surface area contributed by atoms with Gasteiger partial charge in [0, 0.05) is 39.4 Å². The molecule has 2 atom stereocenters. The van der Waals surface area contributed by atoms with Gasteiger partial charge in [0.15, 0.2) is 0 Å². The second-order valence-corrected chi connectivity index (χ2v) is 11.4. The van der Waals surface area contributed by atoms with E-state index < -0.39 is 0 Å². The number of carbonyl (C=O) groups is 3. The van der Waals surface area contributed by atoms with Crippen LogP contribution in [0, 0.1) is 29.1 Å². The third kappa shape index (κ3) is 13.6. The molecule has 1 saturated carbocycles. The van der Waals surface area contributed by atoms with Crippen LogP contribution < -0.4 is 10.6 Å². The summed E-state index contributed by atoms with van der Waals surface area (Å²) in [7, 11) is 1.78. The number of carbonyl (C=O) groups excluding carboxylic acids is 3. The van der Waals surface area contributed by atoms with Crippen LogP contribution >= 0.6 is 0 Å². The number of nitriles is 1. The molecular weight excluding hydrogens is 596 g/mol. The van der Waals surface area contributed by atoms with Crippen LogP contribution in [-0.2, 0) is 45.1 Å². The zero-order valence-corrected chi connectivity index (χ0v) is 27.0. The quantitative estimate of drug-likeness (QED) is 0.0756. The summed E-state index contributed by atoms with van der Waals surface area (Å²) in [5, 5.41) is 19.5. The molecule has 1 saturated heterocycles. The SMILES string of the molecule is Cn1ccc(/C=C(\C#N)C(=O)N2C[C@@H](C(=O)NCCOCCOCCOCCOCCOCCNC=O)[C@H](C3CCCCC3)C2)n1. The summed E-state index contributed by atoms with van der Waals surface area (Å²) in [4.78, 5) is 38.4. The van der Waals surface area contributed by atoms with Gasteiger partial charge >= 0.3 is 0 Å². The highest BCUT2D eigenvalue weighted by Crippen LogP contribution is 2.38. The molecule has 2 aliphatic rings. The normalized spacial score (nSPS) is 18.8. The molecule has 1 aliphatic heterocycles. The second-order valence-electron chi connectivity index (χ2n) is 11.4. The van der Waals surface area contributed by atoms with Crippen molar-refractivity contribution < 1.29 is 38.1 Å². The molecule has 1 aromatic heterocycles. The third-order valence-corrected chi connectivity index (χ3v) is 8.13. The number of hydrogen-bond donors (Lipinski definition) is 2. The van der Waals surface area contributed by atoms with E-state index in [1.165, 1.54) is 12.5 Å². The molecule has 0 aromatic carbocycles. The van der Waals surface area contributed by atoms with Gasteiger partial charge in [0.1, 0.15) is 11.6 Å². The standard InChI is InChI=1S/C32H50N6O8/c1-37-10-7-28(36-37)21-27(22-33)32(41)38-23-29(26-5-3-2-4-6-26)30(24-38)31(40)35-9-12-43-14-16-45-18-20-46-19-17-44-15-13-42-11-8-34-25-39/h7,10,21,25-26,29-30H,2-6,8-9,11-20,23-24H2,1H3,(H,34,39)(H,35,40)/b27-21+/t29-,30+/m0/s1. The molecule has 2 heterocycles. The van der Waals surface area contributed by atoms with E-state index in [-0.39, 0.29) is 29.2 Å². The van der Waals surface area contributed by atoms with Gasteiger partial charge in [-0.1, -0.05) is 32.1 Å². The predicted molar refractivity (Wildman–Crippen MR) is 168 cm³/mol. The first kappa shape index (κ1) is 37.1. The molecule has 14 nitrogen and oxygen atoms in total. The number of likely N-dealkylation sites (tertiary alicyclic amines) is 1. The fourth-order valence-corrected chi connectivity index (χ4v) is 5.83. The van der Waals surface area contributed by atoms with Crippen LogP contribution in [0.15, 0.2) is 17.8 Å². The fraction of sp³-hybridized carbons (Fsp3) is 0.719. The minimum absolute atomic E-state index is 0.0257. The number of rotatable bonds is 23. The summed E-state index contributed by atoms with van der Waals surface area (Å²) in [5.74, 6) is -0.284. The van der Waals surface area contributed by atoms with E-state index in [4.69, 9.17) is 23.7 Å². The predicted octanol–water partition coefficient (Wildman–Crippen LogP) is 0.927. The minimum atomic E-state index is -0.353. The van der Waals surface area contributed by atoms with Crippen LogP contribution in [0.5, 0.6) is 0 Å². The van der Waals surface area contributed by atoms with E-state index in [1.54, 1.807) is 28.9 Å². The van der Waals surface area contributed by atoms with Crippen molar-refractivity contribution in [1.29, 1.82) is 5.26 Å². The highest BCUT2D eigenvalue weighted by atomic mass is 16.6. The van der Waals surface area contributed by atoms with Crippen molar-refractivity contribution in [2.75, 3.05) is 92.2 Å². The zero-order chi connectivity index (χ0) is 32.8. The average Bonchev–Trinajstić information content (AvgIpc) is 3.71. The number of hydrogen-bond acceptors (Lipinski definition) is 10. The van der Waals surface area contributed by atoms with Crippen molar-refractivity contribution in [3.63, 3.8) is 0 Å². The first-order valence-electron chi connectivity index (χ1n) is 16.3. The molecular formula is C32H50N6O8. The Morgan fingerprint density at radius 3 is 2.04 bits per heavy atom. The molecule has 2 N–H and O–H groups in total. The topological polar surface area (TPSA) is 166 Å². The maximum atomic E-state index is 13.3. The van der Waals surface area contributed by atoms with Crippen molar-refractivity contribution in [2.24, 2.45) is 24.8 Å². The highest BCUT2D eigenvalue weighted by molar-refractivity contribution is 6.02. The van der Waals surface area contributed by atoms with E-state index in [2.05, 4.69) is 15.7 Å². The van der Waals surface area contributed by atoms with Gasteiger partial charge in [-0.15, -0.1) is 0 Å². The number of aryl methyl sites for hydroxylation is 1. The van der Waals surface area contributed by atoms with E-state index in [0.29, 0.717) is 110 Å². The summed E-state index contributed by atoms with van der Waals surface area (Å²) in [6.45, 7) is 6.00. The van der Waals surface area contributed by atoms with Gasteiger partial charge in [0.05, 0.1) is 77.7 Å². The summed E-state index contributed by atoms with van der Waals surface area (Å²) >= 11 is 0. The molecule has 0 bridgehead atoms. The molecule has 46 heavy (non-hydrogen) atoms. The van der Waals surface area contributed by atoms with Crippen LogP contribution in [0.2, 0.25) is 0 Å². The van der Waals surface area contributed by atoms with Gasteiger partial charge in [-0.2, -0.15) is 10.4 Å². The van der Waals surface area contributed by atoms with Crippen LogP contribution in [0.1, 0.15) is 37.8 Å². The highest BCUT2D eigenvalue weighted by Gasteiger charge is 2.43. The van der Waals surface area contributed by atoms with Crippen molar-refractivity contribution in [3.8, 4) is 6.07 Å². The lowest BCUT2D eigenvalue weighted by Gasteiger charge is -2.30. The zero-order valence-electron chi connectivity index (χ0n) is 27.0. The summed E-state index contributed by atoms with van der Waals surface area (Å²) in [5.41, 5.74) is 0.573. The molecule has 0 radical (unpaired) electrons. The molecule has 256 valence electrons. The molecule has 0 spiro atoms. The molecule has 1 aromatic rings. The smallest absolute Gasteiger partial charge is 0.264 e. The lowest BCUT2D eigenvalue weighted by atomic mass is 9.75. The molecule has 2 fully saturated rings. The number of nitrogens with one attached hydrogen (secondary N) is 2. The van der Waals surface area contributed by atoms with Crippen molar-refractivity contribution in [3.05, 3.63) is 23.5 Å². The van der Waals surface area contributed by atoms with Gasteiger partial charge in [-0.05, 0) is 24.0 Å². The van der Waals surface area contributed by atoms with Crippen LogP contribution in [0.4, 0.5) is 0 Å². The molecule has 0 unspecified atom stereocenters. The molecule has 1 aliphatic carbocycles. The van der Waals surface area contributed by atoms with Gasteiger partial charge in [0.25, 0.3) is 5.91 Å². The Bertz CT molecular complexity index is 1120.